The van der Waals surface area contributed by atoms with Crippen LogP contribution in [0.25, 0.3) is 11.1 Å². The molecule has 5 nitrogen and oxygen atoms in total. The third-order valence-electron chi connectivity index (χ3n) is 5.38. The zero-order valence-corrected chi connectivity index (χ0v) is 18.3. The molecule has 10 heteroatoms. The van der Waals surface area contributed by atoms with Gasteiger partial charge in [0.25, 0.3) is 0 Å². The van der Waals surface area contributed by atoms with Gasteiger partial charge in [0.15, 0.2) is 0 Å². The molecule has 0 spiro atoms. The Morgan fingerprint density at radius 3 is 2.59 bits per heavy atom. The van der Waals surface area contributed by atoms with Crippen LogP contribution in [0.4, 0.5) is 17.6 Å². The van der Waals surface area contributed by atoms with Gasteiger partial charge >= 0.3 is 12.1 Å². The zero-order chi connectivity index (χ0) is 24.5. The summed E-state index contributed by atoms with van der Waals surface area (Å²) >= 11 is 6.04. The van der Waals surface area contributed by atoms with Crippen molar-refractivity contribution in [2.24, 2.45) is 0 Å². The first kappa shape index (κ1) is 23.7. The fourth-order valence-electron chi connectivity index (χ4n) is 3.77. The molecular formula is C24H17ClF4N2O3. The van der Waals surface area contributed by atoms with Crippen LogP contribution in [0.3, 0.4) is 0 Å². The van der Waals surface area contributed by atoms with Crippen LogP contribution in [0, 0.1) is 5.82 Å². The number of carbonyl (C=O) groups is 1. The Kier molecular flexibility index (Phi) is 6.56. The summed E-state index contributed by atoms with van der Waals surface area (Å²) in [4.78, 5) is 19.4. The largest absolute Gasteiger partial charge is 0.477 e. The quantitative estimate of drug-likeness (QED) is 0.389. The van der Waals surface area contributed by atoms with E-state index in [1.54, 1.807) is 6.07 Å². The van der Waals surface area contributed by atoms with Crippen molar-refractivity contribution >= 4 is 28.7 Å². The Balaban J connectivity index is 1.78. The molecule has 0 atom stereocenters. The molecule has 0 amide bonds. The Morgan fingerprint density at radius 2 is 1.88 bits per heavy atom. The van der Waals surface area contributed by atoms with Crippen molar-refractivity contribution < 1.29 is 32.2 Å². The number of carboxylic acids is 1. The molecule has 176 valence electrons. The number of aromatic nitrogens is 2. The predicted octanol–water partition coefficient (Wildman–Crippen LogP) is 6.66. The smallest absolute Gasteiger partial charge is 0.417 e. The molecule has 2 aromatic heterocycles. The summed E-state index contributed by atoms with van der Waals surface area (Å²) in [6.07, 6.45) is -2.36. The number of aromatic carboxylic acids is 1. The number of allylic oxidation sites excluding steroid dienone is 2. The van der Waals surface area contributed by atoms with Gasteiger partial charge in [-0.1, -0.05) is 23.7 Å². The highest BCUT2D eigenvalue weighted by molar-refractivity contribution is 6.31. The van der Waals surface area contributed by atoms with E-state index in [0.717, 1.165) is 12.1 Å². The highest BCUT2D eigenvalue weighted by atomic mass is 35.5. The SMILES string of the molecule is O=C(O)c1cccc(C2=C(c3cc(C(F)(F)F)cnc3OCc3ccc(F)cc3Cl)CCC2)n1. The highest BCUT2D eigenvalue weighted by Gasteiger charge is 2.33. The number of alkyl halides is 3. The molecule has 1 aliphatic rings. The molecule has 0 fully saturated rings. The van der Waals surface area contributed by atoms with Crippen molar-refractivity contribution in [3.8, 4) is 5.88 Å². The number of carboxylic acid groups (broad SMARTS) is 1. The lowest BCUT2D eigenvalue weighted by Crippen LogP contribution is -2.09. The summed E-state index contributed by atoms with van der Waals surface area (Å²) in [5.41, 5.74) is 1.02. The van der Waals surface area contributed by atoms with Crippen LogP contribution in [0.1, 0.15) is 52.1 Å². The van der Waals surface area contributed by atoms with E-state index in [1.807, 2.05) is 0 Å². The number of pyridine rings is 2. The van der Waals surface area contributed by atoms with E-state index in [0.29, 0.717) is 47.9 Å². The Hall–Kier alpha value is -3.46. The first-order valence-electron chi connectivity index (χ1n) is 10.2. The second kappa shape index (κ2) is 9.42. The van der Waals surface area contributed by atoms with E-state index in [9.17, 15) is 27.5 Å². The van der Waals surface area contributed by atoms with Gasteiger partial charge in [0.05, 0.1) is 16.3 Å². The molecule has 1 aromatic carbocycles. The molecule has 0 saturated carbocycles. The Bertz CT molecular complexity index is 1290. The van der Waals surface area contributed by atoms with Gasteiger partial charge in [0.1, 0.15) is 18.1 Å². The summed E-state index contributed by atoms with van der Waals surface area (Å²) in [7, 11) is 0. The molecular weight excluding hydrogens is 476 g/mol. The van der Waals surface area contributed by atoms with Crippen molar-refractivity contribution in [3.63, 3.8) is 0 Å². The van der Waals surface area contributed by atoms with Crippen molar-refractivity contribution in [1.29, 1.82) is 0 Å². The van der Waals surface area contributed by atoms with Crippen LogP contribution in [0.2, 0.25) is 5.02 Å². The number of halogens is 5. The summed E-state index contributed by atoms with van der Waals surface area (Å²) < 4.78 is 59.4. The first-order valence-corrected chi connectivity index (χ1v) is 10.6. The third-order valence-corrected chi connectivity index (χ3v) is 5.73. The molecule has 0 bridgehead atoms. The van der Waals surface area contributed by atoms with Crippen molar-refractivity contribution in [2.45, 2.75) is 32.0 Å². The number of hydrogen-bond acceptors (Lipinski definition) is 4. The minimum atomic E-state index is -4.62. The minimum Gasteiger partial charge on any atom is -0.477 e. The van der Waals surface area contributed by atoms with Gasteiger partial charge in [-0.2, -0.15) is 13.2 Å². The summed E-state index contributed by atoms with van der Waals surface area (Å²) in [5.74, 6) is -1.78. The van der Waals surface area contributed by atoms with E-state index in [4.69, 9.17) is 16.3 Å². The standard InChI is InChI=1S/C24H17ClF4N2O3/c25-19-10-15(26)8-7-13(19)12-34-22-18(9-14(11-30-22)24(27,28)29)16-3-1-4-17(16)20-5-2-6-21(31-20)23(32)33/h2,5-11H,1,3-4,12H2,(H,32,33). The number of hydrogen-bond donors (Lipinski definition) is 1. The highest BCUT2D eigenvalue weighted by Crippen LogP contribution is 2.43. The lowest BCUT2D eigenvalue weighted by molar-refractivity contribution is -0.137. The first-order chi connectivity index (χ1) is 16.1. The van der Waals surface area contributed by atoms with Crippen LogP contribution in [0.15, 0.2) is 48.7 Å². The van der Waals surface area contributed by atoms with Gasteiger partial charge in [0, 0.05) is 17.3 Å². The lowest BCUT2D eigenvalue weighted by atomic mass is 9.99. The fraction of sp³-hybridized carbons (Fsp3) is 0.208. The van der Waals surface area contributed by atoms with Gasteiger partial charge in [-0.15, -0.1) is 0 Å². The average Bonchev–Trinajstić information content (AvgIpc) is 3.27. The van der Waals surface area contributed by atoms with Crippen LogP contribution >= 0.6 is 11.6 Å². The Morgan fingerprint density at radius 1 is 1.12 bits per heavy atom. The molecule has 0 unspecified atom stereocenters. The third kappa shape index (κ3) is 5.04. The summed E-state index contributed by atoms with van der Waals surface area (Å²) in [6, 6.07) is 9.19. The van der Waals surface area contributed by atoms with Crippen molar-refractivity contribution in [1.82, 2.24) is 9.97 Å². The van der Waals surface area contributed by atoms with Crippen LogP contribution < -0.4 is 4.74 Å². The number of benzene rings is 1. The van der Waals surface area contributed by atoms with Crippen LogP contribution in [0.5, 0.6) is 5.88 Å². The topological polar surface area (TPSA) is 72.3 Å². The maximum atomic E-state index is 13.5. The normalized spacial score (nSPS) is 13.9. The average molecular weight is 493 g/mol. The maximum Gasteiger partial charge on any atom is 0.417 e. The molecule has 1 N–H and O–H groups in total. The monoisotopic (exact) mass is 492 g/mol. The van der Waals surface area contributed by atoms with E-state index >= 15 is 0 Å². The number of rotatable bonds is 6. The van der Waals surface area contributed by atoms with Crippen LogP contribution in [-0.4, -0.2) is 21.0 Å². The van der Waals surface area contributed by atoms with Gasteiger partial charge in [-0.25, -0.2) is 19.2 Å². The molecule has 0 radical (unpaired) electrons. The molecule has 0 saturated heterocycles. The summed E-state index contributed by atoms with van der Waals surface area (Å²) in [6.45, 7) is -0.139. The van der Waals surface area contributed by atoms with Crippen molar-refractivity contribution in [2.75, 3.05) is 0 Å². The predicted molar refractivity (Wildman–Crippen MR) is 117 cm³/mol. The van der Waals surface area contributed by atoms with Gasteiger partial charge in [-0.05, 0) is 60.7 Å². The number of ether oxygens (including phenoxy) is 1. The van der Waals surface area contributed by atoms with E-state index in [1.165, 1.54) is 24.3 Å². The molecule has 1 aliphatic carbocycles. The molecule has 3 aromatic rings. The van der Waals surface area contributed by atoms with E-state index in [-0.39, 0.29) is 28.8 Å². The second-order valence-electron chi connectivity index (χ2n) is 7.62. The maximum absolute atomic E-state index is 13.5. The van der Waals surface area contributed by atoms with E-state index in [2.05, 4.69) is 9.97 Å². The molecule has 2 heterocycles. The Labute approximate surface area is 196 Å². The lowest BCUT2D eigenvalue weighted by Gasteiger charge is -2.16. The van der Waals surface area contributed by atoms with Crippen molar-refractivity contribution in [3.05, 3.63) is 87.6 Å². The molecule has 34 heavy (non-hydrogen) atoms. The van der Waals surface area contributed by atoms with Gasteiger partial charge in [0.2, 0.25) is 5.88 Å². The second-order valence-corrected chi connectivity index (χ2v) is 8.03. The fourth-order valence-corrected chi connectivity index (χ4v) is 3.99. The van der Waals surface area contributed by atoms with Gasteiger partial charge < -0.3 is 9.84 Å². The molecule has 0 aliphatic heterocycles. The number of nitrogens with zero attached hydrogens (tertiary/aromatic N) is 2. The van der Waals surface area contributed by atoms with Gasteiger partial charge in [-0.3, -0.25) is 0 Å². The van der Waals surface area contributed by atoms with Crippen LogP contribution in [-0.2, 0) is 12.8 Å². The zero-order valence-electron chi connectivity index (χ0n) is 17.5. The summed E-state index contributed by atoms with van der Waals surface area (Å²) in [5, 5.41) is 9.37. The van der Waals surface area contributed by atoms with E-state index < -0.39 is 23.5 Å². The minimum absolute atomic E-state index is 0.0443. The molecule has 4 rings (SSSR count).